The first-order chi connectivity index (χ1) is 14.6. The quantitative estimate of drug-likeness (QED) is 0.416. The van der Waals surface area contributed by atoms with Crippen LogP contribution in [0.5, 0.6) is 0 Å². The van der Waals surface area contributed by atoms with Crippen molar-refractivity contribution in [2.45, 2.75) is 31.2 Å². The van der Waals surface area contributed by atoms with Gasteiger partial charge in [-0.05, 0) is 55.6 Å². The lowest BCUT2D eigenvalue weighted by atomic mass is 9.85. The second-order valence-electron chi connectivity index (χ2n) is 7.42. The molecule has 0 bridgehead atoms. The van der Waals surface area contributed by atoms with Crippen LogP contribution < -0.4 is 16.8 Å². The smallest absolute Gasteiger partial charge is 0.225 e. The summed E-state index contributed by atoms with van der Waals surface area (Å²) in [5, 5.41) is 8.56. The molecule has 0 amide bonds. The highest BCUT2D eigenvalue weighted by atomic mass is 35.5. The van der Waals surface area contributed by atoms with Gasteiger partial charge in [-0.25, -0.2) is 9.97 Å². The van der Waals surface area contributed by atoms with Gasteiger partial charge in [0.15, 0.2) is 11.4 Å². The van der Waals surface area contributed by atoms with Crippen molar-refractivity contribution in [3.8, 4) is 11.6 Å². The van der Waals surface area contributed by atoms with Crippen LogP contribution in [0.25, 0.3) is 17.2 Å². The van der Waals surface area contributed by atoms with Gasteiger partial charge in [0.25, 0.3) is 0 Å². The van der Waals surface area contributed by atoms with E-state index in [1.807, 2.05) is 12.1 Å². The topological polar surface area (TPSA) is 133 Å². The number of nitrogens with one attached hydrogen (secondary N) is 1. The Bertz CT molecular complexity index is 1180. The molecule has 1 aliphatic heterocycles. The first-order valence-corrected chi connectivity index (χ1v) is 10.2. The fourth-order valence-corrected chi connectivity index (χ4v) is 4.38. The van der Waals surface area contributed by atoms with Crippen LogP contribution in [0.3, 0.4) is 0 Å². The van der Waals surface area contributed by atoms with Gasteiger partial charge in [-0.3, -0.25) is 0 Å². The number of aromatic nitrogens is 5. The Hall–Kier alpha value is -3.17. The lowest BCUT2D eigenvalue weighted by Gasteiger charge is -2.25. The number of hydrogen-bond acceptors (Lipinski definition) is 8. The third-order valence-electron chi connectivity index (χ3n) is 5.52. The zero-order valence-corrected chi connectivity index (χ0v) is 16.9. The molecule has 1 saturated heterocycles. The van der Waals surface area contributed by atoms with Gasteiger partial charge in [-0.1, -0.05) is 11.6 Å². The van der Waals surface area contributed by atoms with Gasteiger partial charge in [0, 0.05) is 23.7 Å². The van der Waals surface area contributed by atoms with Crippen LogP contribution >= 0.6 is 11.6 Å². The first-order valence-electron chi connectivity index (χ1n) is 9.79. The molecule has 5 heterocycles. The number of fused-ring (bicyclic) bond motifs is 1. The molecule has 2 atom stereocenters. The lowest BCUT2D eigenvalue weighted by molar-refractivity contribution is 0.486. The van der Waals surface area contributed by atoms with Crippen molar-refractivity contribution in [2.75, 3.05) is 18.0 Å². The average Bonchev–Trinajstić information content (AvgIpc) is 3.47. The maximum absolute atomic E-state index is 6.41. The Morgan fingerprint density at radius 3 is 2.93 bits per heavy atom. The highest BCUT2D eigenvalue weighted by molar-refractivity contribution is 6.29. The lowest BCUT2D eigenvalue weighted by Crippen LogP contribution is -2.31. The molecule has 0 aromatic carbocycles. The molecule has 5 rings (SSSR count). The van der Waals surface area contributed by atoms with Crippen LogP contribution in [-0.2, 0) is 6.42 Å². The van der Waals surface area contributed by atoms with E-state index in [1.165, 1.54) is 4.52 Å². The van der Waals surface area contributed by atoms with Gasteiger partial charge in [0.05, 0.1) is 6.26 Å². The number of pyridine rings is 1. The van der Waals surface area contributed by atoms with Crippen molar-refractivity contribution in [3.05, 3.63) is 53.0 Å². The molecule has 0 saturated carbocycles. The van der Waals surface area contributed by atoms with Gasteiger partial charge >= 0.3 is 0 Å². The fourth-order valence-electron chi connectivity index (χ4n) is 4.18. The Kier molecular flexibility index (Phi) is 4.76. The zero-order valence-electron chi connectivity index (χ0n) is 16.1. The number of rotatable bonds is 5. The molecule has 10 heteroatoms. The van der Waals surface area contributed by atoms with E-state index in [0.717, 1.165) is 30.5 Å². The highest BCUT2D eigenvalue weighted by Crippen LogP contribution is 2.35. The summed E-state index contributed by atoms with van der Waals surface area (Å²) >= 11 is 6.12. The minimum absolute atomic E-state index is 0.00946. The average molecular weight is 425 g/mol. The van der Waals surface area contributed by atoms with Crippen molar-refractivity contribution in [1.29, 1.82) is 0 Å². The van der Waals surface area contributed by atoms with E-state index < -0.39 is 0 Å². The minimum Gasteiger partial charge on any atom is -0.461 e. The SMILES string of the molecule is Nc1nc(N)n2nc(-c3ccco3)nc2c1C(Cc1ccnc(Cl)c1)C1CCCN1. The number of halogens is 1. The number of nitrogens with zero attached hydrogens (tertiary/aromatic N) is 5. The summed E-state index contributed by atoms with van der Waals surface area (Å²) in [4.78, 5) is 13.2. The summed E-state index contributed by atoms with van der Waals surface area (Å²) in [5.41, 5.74) is 15.0. The van der Waals surface area contributed by atoms with Crippen LogP contribution in [0.15, 0.2) is 41.1 Å². The molecule has 9 nitrogen and oxygen atoms in total. The summed E-state index contributed by atoms with van der Waals surface area (Å²) in [5.74, 6) is 1.54. The summed E-state index contributed by atoms with van der Waals surface area (Å²) in [7, 11) is 0. The standard InChI is InChI=1S/C20H21ClN8O/c21-15-10-11(5-7-25-15)9-12(13-3-1-6-24-13)16-17(22)26-20(23)29-19(16)27-18(28-29)14-4-2-8-30-14/h2,4-5,7-8,10,12-13,24H,1,3,6,9,22H2,(H2,23,26). The normalized spacial score (nSPS) is 17.6. The fraction of sp³-hybridized carbons (Fsp3) is 0.300. The Morgan fingerprint density at radius 2 is 2.20 bits per heavy atom. The first kappa shape index (κ1) is 18.8. The predicted molar refractivity (Wildman–Crippen MR) is 114 cm³/mol. The number of anilines is 2. The van der Waals surface area contributed by atoms with Gasteiger partial charge in [-0.15, -0.1) is 5.10 Å². The van der Waals surface area contributed by atoms with Crippen LogP contribution in [0, 0.1) is 0 Å². The molecule has 0 aliphatic carbocycles. The third-order valence-corrected chi connectivity index (χ3v) is 5.73. The molecule has 0 radical (unpaired) electrons. The maximum atomic E-state index is 6.41. The summed E-state index contributed by atoms with van der Waals surface area (Å²) in [6, 6.07) is 7.65. The third kappa shape index (κ3) is 3.35. The second-order valence-corrected chi connectivity index (χ2v) is 7.80. The van der Waals surface area contributed by atoms with E-state index in [9.17, 15) is 0 Å². The van der Waals surface area contributed by atoms with E-state index in [2.05, 4.69) is 20.4 Å². The molecule has 30 heavy (non-hydrogen) atoms. The van der Waals surface area contributed by atoms with Crippen LogP contribution in [0.1, 0.15) is 29.9 Å². The summed E-state index contributed by atoms with van der Waals surface area (Å²) in [6.07, 6.45) is 6.12. The van der Waals surface area contributed by atoms with Gasteiger partial charge in [-0.2, -0.15) is 9.50 Å². The van der Waals surface area contributed by atoms with Gasteiger partial charge in [0.1, 0.15) is 11.0 Å². The number of nitrogen functional groups attached to an aromatic ring is 2. The summed E-state index contributed by atoms with van der Waals surface area (Å²) in [6.45, 7) is 0.960. The van der Waals surface area contributed by atoms with Crippen molar-refractivity contribution in [2.24, 2.45) is 0 Å². The summed E-state index contributed by atoms with van der Waals surface area (Å²) < 4.78 is 7.00. The molecule has 154 valence electrons. The van der Waals surface area contributed by atoms with Gasteiger partial charge in [0.2, 0.25) is 11.8 Å². The predicted octanol–water partition coefficient (Wildman–Crippen LogP) is 2.68. The maximum Gasteiger partial charge on any atom is 0.225 e. The molecular weight excluding hydrogens is 404 g/mol. The van der Waals surface area contributed by atoms with Crippen LogP contribution in [-0.4, -0.2) is 37.2 Å². The Labute approximate surface area is 177 Å². The minimum atomic E-state index is 0.00946. The largest absolute Gasteiger partial charge is 0.461 e. The van der Waals surface area contributed by atoms with Gasteiger partial charge < -0.3 is 21.2 Å². The zero-order chi connectivity index (χ0) is 20.7. The van der Waals surface area contributed by atoms with E-state index in [4.69, 9.17) is 32.5 Å². The number of hydrogen-bond donors (Lipinski definition) is 3. The molecule has 5 N–H and O–H groups in total. The van der Waals surface area contributed by atoms with Crippen molar-refractivity contribution in [1.82, 2.24) is 29.9 Å². The van der Waals surface area contributed by atoms with E-state index >= 15 is 0 Å². The molecule has 1 aliphatic rings. The van der Waals surface area contributed by atoms with Crippen LogP contribution in [0.4, 0.5) is 11.8 Å². The Morgan fingerprint density at radius 1 is 1.30 bits per heavy atom. The monoisotopic (exact) mass is 424 g/mol. The van der Waals surface area contributed by atoms with Crippen molar-refractivity contribution < 1.29 is 4.42 Å². The van der Waals surface area contributed by atoms with E-state index in [0.29, 0.717) is 34.6 Å². The number of nitrogens with two attached hydrogens (primary N) is 2. The van der Waals surface area contributed by atoms with E-state index in [-0.39, 0.29) is 17.9 Å². The molecule has 1 fully saturated rings. The molecule has 0 spiro atoms. The van der Waals surface area contributed by atoms with Crippen molar-refractivity contribution in [3.63, 3.8) is 0 Å². The van der Waals surface area contributed by atoms with Crippen molar-refractivity contribution >= 4 is 29.0 Å². The highest BCUT2D eigenvalue weighted by Gasteiger charge is 2.32. The van der Waals surface area contributed by atoms with E-state index in [1.54, 1.807) is 24.6 Å². The molecular formula is C20H21ClN8O. The molecule has 4 aromatic rings. The second kappa shape index (κ2) is 7.58. The molecule has 2 unspecified atom stereocenters. The number of furan rings is 1. The Balaban J connectivity index is 1.66. The van der Waals surface area contributed by atoms with Crippen LogP contribution in [0.2, 0.25) is 5.15 Å². The molecule has 4 aromatic heterocycles.